The van der Waals surface area contributed by atoms with E-state index in [0.29, 0.717) is 29.8 Å². The van der Waals surface area contributed by atoms with Crippen molar-refractivity contribution in [2.75, 3.05) is 25.0 Å². The quantitative estimate of drug-likeness (QED) is 0.717. The molecule has 3 aliphatic rings. The molecule has 2 aromatic carbocycles. The number of imide groups is 1. The highest BCUT2D eigenvalue weighted by molar-refractivity contribution is 6.24. The van der Waals surface area contributed by atoms with Crippen molar-refractivity contribution in [3.05, 3.63) is 66.0 Å². The van der Waals surface area contributed by atoms with Crippen LogP contribution in [0, 0.1) is 11.7 Å². The topological polar surface area (TPSA) is 59.2 Å². The maximum absolute atomic E-state index is 13.5. The van der Waals surface area contributed by atoms with E-state index >= 15 is 0 Å². The smallest absolute Gasteiger partial charge is 0.270 e. The van der Waals surface area contributed by atoms with E-state index in [4.69, 9.17) is 4.99 Å². The van der Waals surface area contributed by atoms with Gasteiger partial charge in [-0.3, -0.25) is 14.6 Å². The molecule has 0 aromatic heterocycles. The van der Waals surface area contributed by atoms with Crippen molar-refractivity contribution >= 4 is 29.4 Å². The molecule has 2 aromatic rings. The van der Waals surface area contributed by atoms with E-state index in [9.17, 15) is 14.0 Å². The minimum absolute atomic E-state index is 0.0905. The Morgan fingerprint density at radius 3 is 2.52 bits per heavy atom. The minimum atomic E-state index is -0.646. The summed E-state index contributed by atoms with van der Waals surface area (Å²) in [7, 11) is 1.65. The van der Waals surface area contributed by atoms with Crippen LogP contribution in [0.4, 0.5) is 14.9 Å². The van der Waals surface area contributed by atoms with E-state index in [-0.39, 0.29) is 18.3 Å². The van der Waals surface area contributed by atoms with Crippen LogP contribution in [0.5, 0.6) is 0 Å². The number of urea groups is 1. The largest absolute Gasteiger partial charge is 0.397 e. The zero-order valence-electron chi connectivity index (χ0n) is 17.4. The zero-order valence-corrected chi connectivity index (χ0v) is 17.4. The molecule has 0 spiro atoms. The van der Waals surface area contributed by atoms with Crippen molar-refractivity contribution in [3.8, 4) is 0 Å². The summed E-state index contributed by atoms with van der Waals surface area (Å²) in [5.41, 5.74) is 1.69. The molecule has 158 valence electrons. The first-order valence-corrected chi connectivity index (χ1v) is 10.3. The Bertz CT molecular complexity index is 1110. The Labute approximate surface area is 179 Å². The monoisotopic (exact) mass is 420 g/mol. The first-order valence-electron chi connectivity index (χ1n) is 10.3. The average molecular weight is 420 g/mol. The van der Waals surface area contributed by atoms with Gasteiger partial charge in [-0.2, -0.15) is 0 Å². The van der Waals surface area contributed by atoms with E-state index in [1.54, 1.807) is 19.2 Å². The Balaban J connectivity index is 1.52. The number of guanidine groups is 1. The number of hydrogen-bond acceptors (Lipinski definition) is 4. The van der Waals surface area contributed by atoms with Gasteiger partial charge >= 0.3 is 12.0 Å². The van der Waals surface area contributed by atoms with Crippen molar-refractivity contribution in [2.24, 2.45) is 10.9 Å². The number of halogens is 1. The molecule has 0 N–H and O–H groups in total. The number of nitrogens with zero attached hydrogens (tertiary/aromatic N) is 5. The van der Waals surface area contributed by atoms with E-state index in [1.165, 1.54) is 21.9 Å². The SMILES string of the molecule is CC1CN(c2ccccc2)C2=[N+](C1)C1C(=O)N(Cc3ccc(F)cc3)C(=O)N(C)C1=N2. The van der Waals surface area contributed by atoms with Crippen molar-refractivity contribution < 1.29 is 18.6 Å². The molecule has 3 amide bonds. The summed E-state index contributed by atoms with van der Waals surface area (Å²) in [6, 6.07) is 14.7. The predicted molar refractivity (Wildman–Crippen MR) is 114 cm³/mol. The van der Waals surface area contributed by atoms with E-state index < -0.39 is 12.1 Å². The van der Waals surface area contributed by atoms with Crippen LogP contribution < -0.4 is 4.90 Å². The molecular formula is C23H23FN5O2+. The molecule has 0 saturated carbocycles. The highest BCUT2D eigenvalue weighted by atomic mass is 19.1. The third-order valence-electron chi connectivity index (χ3n) is 5.95. The van der Waals surface area contributed by atoms with Crippen LogP contribution in [0.3, 0.4) is 0 Å². The number of carbonyl (C=O) groups is 2. The highest BCUT2D eigenvalue weighted by Gasteiger charge is 2.55. The van der Waals surface area contributed by atoms with Gasteiger partial charge in [0.05, 0.1) is 19.6 Å². The second kappa shape index (κ2) is 7.30. The van der Waals surface area contributed by atoms with Crippen LogP contribution in [0.25, 0.3) is 0 Å². The molecule has 2 unspecified atom stereocenters. The number of fused-ring (bicyclic) bond motifs is 2. The van der Waals surface area contributed by atoms with Crippen molar-refractivity contribution in [2.45, 2.75) is 19.5 Å². The molecule has 7 nitrogen and oxygen atoms in total. The maximum atomic E-state index is 13.5. The lowest BCUT2D eigenvalue weighted by Gasteiger charge is -2.35. The third-order valence-corrected chi connectivity index (χ3v) is 5.95. The third kappa shape index (κ3) is 3.19. The molecule has 31 heavy (non-hydrogen) atoms. The maximum Gasteiger partial charge on any atom is 0.397 e. The number of amides is 3. The van der Waals surface area contributed by atoms with Gasteiger partial charge in [0.25, 0.3) is 5.91 Å². The van der Waals surface area contributed by atoms with Gasteiger partial charge < -0.3 is 0 Å². The van der Waals surface area contributed by atoms with Crippen LogP contribution in [0.2, 0.25) is 0 Å². The molecular weight excluding hydrogens is 397 g/mol. The zero-order chi connectivity index (χ0) is 21.7. The van der Waals surface area contributed by atoms with Crippen LogP contribution in [-0.2, 0) is 11.3 Å². The molecule has 1 fully saturated rings. The van der Waals surface area contributed by atoms with Crippen LogP contribution in [-0.4, -0.2) is 64.3 Å². The predicted octanol–water partition coefficient (Wildman–Crippen LogP) is 2.53. The normalized spacial score (nSPS) is 23.2. The summed E-state index contributed by atoms with van der Waals surface area (Å²) in [5, 5.41) is 0. The number of aliphatic imine (C=N–C) groups is 1. The highest BCUT2D eigenvalue weighted by Crippen LogP contribution is 2.28. The van der Waals surface area contributed by atoms with E-state index in [2.05, 4.69) is 11.8 Å². The summed E-state index contributed by atoms with van der Waals surface area (Å²) >= 11 is 0. The Morgan fingerprint density at radius 1 is 1.10 bits per heavy atom. The summed E-state index contributed by atoms with van der Waals surface area (Å²) in [4.78, 5) is 36.0. The summed E-state index contributed by atoms with van der Waals surface area (Å²) in [6.07, 6.45) is 0. The summed E-state index contributed by atoms with van der Waals surface area (Å²) in [5.74, 6) is 0.796. The Kier molecular flexibility index (Phi) is 4.57. The number of rotatable bonds is 3. The van der Waals surface area contributed by atoms with Crippen LogP contribution in [0.1, 0.15) is 12.5 Å². The molecule has 5 rings (SSSR count). The lowest BCUT2D eigenvalue weighted by Crippen LogP contribution is -2.63. The van der Waals surface area contributed by atoms with Crippen molar-refractivity contribution in [1.29, 1.82) is 0 Å². The average Bonchev–Trinajstić information content (AvgIpc) is 3.16. The number of likely N-dealkylation sites (N-methyl/N-ethyl adjacent to an activating group) is 1. The second-order valence-electron chi connectivity index (χ2n) is 8.27. The number of hydrogen-bond donors (Lipinski definition) is 0. The summed E-state index contributed by atoms with van der Waals surface area (Å²) < 4.78 is 15.3. The van der Waals surface area contributed by atoms with Gasteiger partial charge in [-0.1, -0.05) is 42.2 Å². The van der Waals surface area contributed by atoms with Crippen LogP contribution >= 0.6 is 0 Å². The molecule has 0 bridgehead atoms. The fraction of sp³-hybridized carbons (Fsp3) is 0.304. The van der Waals surface area contributed by atoms with Gasteiger partial charge in [-0.25, -0.2) is 18.7 Å². The van der Waals surface area contributed by atoms with Gasteiger partial charge in [0, 0.05) is 13.0 Å². The van der Waals surface area contributed by atoms with Gasteiger partial charge in [-0.15, -0.1) is 0 Å². The lowest BCUT2D eigenvalue weighted by atomic mass is 10.1. The number of amidine groups is 1. The number of anilines is 1. The molecule has 8 heteroatoms. The second-order valence-corrected chi connectivity index (χ2v) is 8.27. The molecule has 3 heterocycles. The molecule has 2 atom stereocenters. The molecule has 3 aliphatic heterocycles. The minimum Gasteiger partial charge on any atom is -0.270 e. The molecule has 0 aliphatic carbocycles. The molecule has 1 saturated heterocycles. The van der Waals surface area contributed by atoms with Gasteiger partial charge in [-0.05, 0) is 29.8 Å². The van der Waals surface area contributed by atoms with Gasteiger partial charge in [0.1, 0.15) is 11.5 Å². The van der Waals surface area contributed by atoms with Gasteiger partial charge in [0.15, 0.2) is 0 Å². The summed E-state index contributed by atoms with van der Waals surface area (Å²) in [6.45, 7) is 3.69. The van der Waals surface area contributed by atoms with E-state index in [1.807, 2.05) is 34.9 Å². The first kappa shape index (κ1) is 19.4. The van der Waals surface area contributed by atoms with Gasteiger partial charge in [0.2, 0.25) is 11.9 Å². The lowest BCUT2D eigenvalue weighted by molar-refractivity contribution is -0.545. The fourth-order valence-corrected chi connectivity index (χ4v) is 4.44. The number of carbonyl (C=O) groups excluding carboxylic acids is 2. The van der Waals surface area contributed by atoms with E-state index in [0.717, 1.165) is 12.2 Å². The van der Waals surface area contributed by atoms with Crippen molar-refractivity contribution in [1.82, 2.24) is 9.80 Å². The standard InChI is InChI=1S/C23H23FN5O2/c1-15-12-27(18-6-4-3-5-7-18)22-25-20-19(28(22)13-15)21(30)29(23(31)26(20)2)14-16-8-10-17(24)11-9-16/h3-11,15,19H,12-14H2,1-2H3/q+1. The Hall–Kier alpha value is -3.55. The fourth-order valence-electron chi connectivity index (χ4n) is 4.44. The first-order chi connectivity index (χ1) is 14.9. The Morgan fingerprint density at radius 2 is 1.81 bits per heavy atom. The number of para-hydroxylation sites is 1. The molecule has 0 radical (unpaired) electrons. The van der Waals surface area contributed by atoms with Crippen molar-refractivity contribution in [3.63, 3.8) is 0 Å². The van der Waals surface area contributed by atoms with Crippen LogP contribution in [0.15, 0.2) is 59.6 Å². The number of benzene rings is 2.